The van der Waals surface area contributed by atoms with Gasteiger partial charge in [-0.15, -0.1) is 0 Å². The minimum absolute atomic E-state index is 0.315. The van der Waals surface area contributed by atoms with Gasteiger partial charge >= 0.3 is 5.97 Å². The van der Waals surface area contributed by atoms with Crippen LogP contribution in [0.4, 0.5) is 0 Å². The second-order valence-electron chi connectivity index (χ2n) is 3.42. The van der Waals surface area contributed by atoms with Gasteiger partial charge in [-0.2, -0.15) is 0 Å². The van der Waals surface area contributed by atoms with Crippen LogP contribution in [-0.2, 0) is 4.74 Å². The molecule has 0 unspecified atom stereocenters. The lowest BCUT2D eigenvalue weighted by atomic mass is 10.1. The number of hydrogen-bond acceptors (Lipinski definition) is 5. The topological polar surface area (TPSA) is 65.2 Å². The maximum Gasteiger partial charge on any atom is 0.344 e. The predicted octanol–water partition coefficient (Wildman–Crippen LogP) is 2.22. The van der Waals surface area contributed by atoms with Crippen molar-refractivity contribution >= 4 is 5.97 Å². The predicted molar refractivity (Wildman–Crippen MR) is 60.4 cm³/mol. The Balaban J connectivity index is 2.46. The number of hydrogen-bond donors (Lipinski definition) is 0. The average Bonchev–Trinajstić information content (AvgIpc) is 2.73. The van der Waals surface area contributed by atoms with Crippen LogP contribution in [0.2, 0.25) is 0 Å². The molecule has 0 spiro atoms. The van der Waals surface area contributed by atoms with Crippen LogP contribution in [0, 0.1) is 6.92 Å². The summed E-state index contributed by atoms with van der Waals surface area (Å²) in [6, 6.07) is 3.58. The summed E-state index contributed by atoms with van der Waals surface area (Å²) in [6.07, 6.45) is 3.28. The van der Waals surface area contributed by atoms with Gasteiger partial charge in [0.2, 0.25) is 0 Å². The van der Waals surface area contributed by atoms with Crippen molar-refractivity contribution in [3.8, 4) is 11.3 Å². The van der Waals surface area contributed by atoms with Crippen LogP contribution >= 0.6 is 0 Å². The zero-order chi connectivity index (χ0) is 12.3. The number of ether oxygens (including phenoxy) is 1. The SMILES string of the molecule is CCOC(=O)c1c(-c2cccnc2)noc1C. The molecular weight excluding hydrogens is 220 g/mol. The van der Waals surface area contributed by atoms with E-state index in [1.807, 2.05) is 6.07 Å². The van der Waals surface area contributed by atoms with Crippen LogP contribution in [0.5, 0.6) is 0 Å². The van der Waals surface area contributed by atoms with E-state index in [-0.39, 0.29) is 0 Å². The van der Waals surface area contributed by atoms with E-state index in [9.17, 15) is 4.79 Å². The summed E-state index contributed by atoms with van der Waals surface area (Å²) in [7, 11) is 0. The lowest BCUT2D eigenvalue weighted by Gasteiger charge is -2.01. The number of nitrogens with zero attached hydrogens (tertiary/aromatic N) is 2. The number of aryl methyl sites for hydroxylation is 1. The van der Waals surface area contributed by atoms with Gasteiger partial charge in [0.15, 0.2) is 0 Å². The van der Waals surface area contributed by atoms with Crippen LogP contribution in [0.1, 0.15) is 23.0 Å². The van der Waals surface area contributed by atoms with E-state index in [0.29, 0.717) is 23.6 Å². The molecule has 5 nitrogen and oxygen atoms in total. The Hall–Kier alpha value is -2.17. The number of carbonyl (C=O) groups excluding carboxylic acids is 1. The molecule has 2 heterocycles. The van der Waals surface area contributed by atoms with Crippen molar-refractivity contribution in [3.05, 3.63) is 35.9 Å². The smallest absolute Gasteiger partial charge is 0.344 e. The molecule has 2 rings (SSSR count). The first-order chi connectivity index (χ1) is 8.24. The fraction of sp³-hybridized carbons (Fsp3) is 0.250. The maximum atomic E-state index is 11.8. The van der Waals surface area contributed by atoms with E-state index in [1.165, 1.54) is 0 Å². The van der Waals surface area contributed by atoms with Crippen molar-refractivity contribution in [2.45, 2.75) is 13.8 Å². The van der Waals surface area contributed by atoms with Gasteiger partial charge in [-0.05, 0) is 26.0 Å². The van der Waals surface area contributed by atoms with Crippen LogP contribution in [0.15, 0.2) is 29.0 Å². The highest BCUT2D eigenvalue weighted by Gasteiger charge is 2.22. The number of carbonyl (C=O) groups is 1. The molecule has 0 N–H and O–H groups in total. The summed E-state index contributed by atoms with van der Waals surface area (Å²) >= 11 is 0. The molecule has 0 aliphatic carbocycles. The van der Waals surface area contributed by atoms with E-state index in [1.54, 1.807) is 32.3 Å². The molecule has 0 aliphatic heterocycles. The van der Waals surface area contributed by atoms with E-state index < -0.39 is 5.97 Å². The van der Waals surface area contributed by atoms with Crippen LogP contribution < -0.4 is 0 Å². The monoisotopic (exact) mass is 232 g/mol. The molecule has 0 fully saturated rings. The molecule has 0 bridgehead atoms. The Kier molecular flexibility index (Phi) is 3.18. The zero-order valence-corrected chi connectivity index (χ0v) is 9.64. The van der Waals surface area contributed by atoms with Crippen LogP contribution in [-0.4, -0.2) is 22.7 Å². The van der Waals surface area contributed by atoms with Gasteiger partial charge in [0.05, 0.1) is 6.61 Å². The Morgan fingerprint density at radius 2 is 2.35 bits per heavy atom. The molecule has 0 amide bonds. The molecule has 0 aromatic carbocycles. The minimum atomic E-state index is -0.426. The molecule has 0 saturated carbocycles. The normalized spacial score (nSPS) is 10.2. The first kappa shape index (κ1) is 11.3. The van der Waals surface area contributed by atoms with Gasteiger partial charge in [0, 0.05) is 18.0 Å². The van der Waals surface area contributed by atoms with Crippen molar-refractivity contribution in [3.63, 3.8) is 0 Å². The molecule has 0 radical (unpaired) electrons. The van der Waals surface area contributed by atoms with Gasteiger partial charge in [-0.25, -0.2) is 4.79 Å². The number of pyridine rings is 1. The summed E-state index contributed by atoms with van der Waals surface area (Å²) in [4.78, 5) is 15.8. The number of esters is 1. The molecule has 0 atom stereocenters. The zero-order valence-electron chi connectivity index (χ0n) is 9.64. The van der Waals surface area contributed by atoms with Crippen molar-refractivity contribution in [2.24, 2.45) is 0 Å². The van der Waals surface area contributed by atoms with Gasteiger partial charge in [0.1, 0.15) is 17.0 Å². The Morgan fingerprint density at radius 1 is 1.53 bits per heavy atom. The molecule has 0 aliphatic rings. The summed E-state index contributed by atoms with van der Waals surface area (Å²) < 4.78 is 10.0. The van der Waals surface area contributed by atoms with Gasteiger partial charge < -0.3 is 9.26 Å². The first-order valence-electron chi connectivity index (χ1n) is 5.27. The van der Waals surface area contributed by atoms with Crippen molar-refractivity contribution < 1.29 is 14.1 Å². The molecular formula is C12H12N2O3. The molecule has 2 aromatic rings. The summed E-state index contributed by atoms with van der Waals surface area (Å²) in [5, 5.41) is 3.87. The molecule has 5 heteroatoms. The fourth-order valence-electron chi connectivity index (χ4n) is 1.52. The largest absolute Gasteiger partial charge is 0.462 e. The van der Waals surface area contributed by atoms with Gasteiger partial charge in [-0.1, -0.05) is 5.16 Å². The third-order valence-electron chi connectivity index (χ3n) is 2.28. The quantitative estimate of drug-likeness (QED) is 0.759. The second kappa shape index (κ2) is 4.78. The van der Waals surface area contributed by atoms with Crippen molar-refractivity contribution in [2.75, 3.05) is 6.61 Å². The highest BCUT2D eigenvalue weighted by Crippen LogP contribution is 2.24. The van der Waals surface area contributed by atoms with Crippen LogP contribution in [0.3, 0.4) is 0 Å². The minimum Gasteiger partial charge on any atom is -0.462 e. The van der Waals surface area contributed by atoms with Crippen molar-refractivity contribution in [1.29, 1.82) is 0 Å². The van der Waals surface area contributed by atoms with Crippen molar-refractivity contribution in [1.82, 2.24) is 10.1 Å². The van der Waals surface area contributed by atoms with E-state index in [4.69, 9.17) is 9.26 Å². The highest BCUT2D eigenvalue weighted by atomic mass is 16.5. The van der Waals surface area contributed by atoms with E-state index in [2.05, 4.69) is 10.1 Å². The molecule has 2 aromatic heterocycles. The molecule has 17 heavy (non-hydrogen) atoms. The molecule has 88 valence electrons. The van der Waals surface area contributed by atoms with Gasteiger partial charge in [0.25, 0.3) is 0 Å². The average molecular weight is 232 g/mol. The lowest BCUT2D eigenvalue weighted by Crippen LogP contribution is -2.06. The molecule has 0 saturated heterocycles. The maximum absolute atomic E-state index is 11.8. The Labute approximate surface area is 98.4 Å². The Bertz CT molecular complexity index is 520. The second-order valence-corrected chi connectivity index (χ2v) is 3.42. The third-order valence-corrected chi connectivity index (χ3v) is 2.28. The van der Waals surface area contributed by atoms with E-state index >= 15 is 0 Å². The Morgan fingerprint density at radius 3 is 3.00 bits per heavy atom. The number of aromatic nitrogens is 2. The van der Waals surface area contributed by atoms with Gasteiger partial charge in [-0.3, -0.25) is 4.98 Å². The summed E-state index contributed by atoms with van der Waals surface area (Å²) in [5.41, 5.74) is 1.56. The highest BCUT2D eigenvalue weighted by molar-refractivity contribution is 5.96. The number of rotatable bonds is 3. The lowest BCUT2D eigenvalue weighted by molar-refractivity contribution is 0.0525. The summed E-state index contributed by atoms with van der Waals surface area (Å²) in [6.45, 7) is 3.75. The van der Waals surface area contributed by atoms with Crippen LogP contribution in [0.25, 0.3) is 11.3 Å². The standard InChI is InChI=1S/C12H12N2O3/c1-3-16-12(15)10-8(2)17-14-11(10)9-5-4-6-13-7-9/h4-7H,3H2,1-2H3. The first-order valence-corrected chi connectivity index (χ1v) is 5.27. The fourth-order valence-corrected chi connectivity index (χ4v) is 1.52. The summed E-state index contributed by atoms with van der Waals surface area (Å²) in [5.74, 6) is 0.0207. The third kappa shape index (κ3) is 2.18. The van der Waals surface area contributed by atoms with E-state index in [0.717, 1.165) is 5.56 Å².